The summed E-state index contributed by atoms with van der Waals surface area (Å²) in [4.78, 5) is 28.2. The van der Waals surface area contributed by atoms with Gasteiger partial charge in [-0.05, 0) is 18.6 Å². The molecule has 0 unspecified atom stereocenters. The van der Waals surface area contributed by atoms with Crippen molar-refractivity contribution in [3.8, 4) is 0 Å². The van der Waals surface area contributed by atoms with Crippen LogP contribution in [0.25, 0.3) is 5.65 Å². The average Bonchev–Trinajstić information content (AvgIpc) is 2.45. The molecule has 1 amide bonds. The maximum Gasteiger partial charge on any atom is 0.270 e. The lowest BCUT2D eigenvalue weighted by atomic mass is 10.2. The standard InChI is InChI=1S/C13H15N3O3/c1-2-9(8-17)15-12(18)10-7-14-11-5-3-4-6-16(11)13(10)19/h3-7,9,17H,2,8H2,1H3,(H,15,18)/t9-/m0/s1. The van der Waals surface area contributed by atoms with Crippen LogP contribution in [0.3, 0.4) is 0 Å². The lowest BCUT2D eigenvalue weighted by molar-refractivity contribution is 0.0913. The zero-order chi connectivity index (χ0) is 13.8. The third-order valence-electron chi connectivity index (χ3n) is 2.91. The molecule has 0 bridgehead atoms. The van der Waals surface area contributed by atoms with Crippen LogP contribution in [0, 0.1) is 0 Å². The van der Waals surface area contributed by atoms with Gasteiger partial charge >= 0.3 is 0 Å². The minimum Gasteiger partial charge on any atom is -0.394 e. The van der Waals surface area contributed by atoms with Crippen LogP contribution >= 0.6 is 0 Å². The van der Waals surface area contributed by atoms with Gasteiger partial charge in [0, 0.05) is 12.4 Å². The molecular weight excluding hydrogens is 246 g/mol. The summed E-state index contributed by atoms with van der Waals surface area (Å²) in [7, 11) is 0. The van der Waals surface area contributed by atoms with Gasteiger partial charge in [0.15, 0.2) is 0 Å². The summed E-state index contributed by atoms with van der Waals surface area (Å²) in [5.41, 5.74) is 0.0322. The Labute approximate surface area is 109 Å². The fraction of sp³-hybridized carbons (Fsp3) is 0.308. The highest BCUT2D eigenvalue weighted by molar-refractivity contribution is 5.93. The highest BCUT2D eigenvalue weighted by atomic mass is 16.3. The number of hydrogen-bond acceptors (Lipinski definition) is 4. The lowest BCUT2D eigenvalue weighted by Crippen LogP contribution is -2.40. The van der Waals surface area contributed by atoms with Gasteiger partial charge in [-0.1, -0.05) is 13.0 Å². The van der Waals surface area contributed by atoms with Crippen molar-refractivity contribution in [1.82, 2.24) is 14.7 Å². The van der Waals surface area contributed by atoms with E-state index in [0.717, 1.165) is 0 Å². The van der Waals surface area contributed by atoms with E-state index in [4.69, 9.17) is 5.11 Å². The number of carbonyl (C=O) groups excluding carboxylic acids is 1. The fourth-order valence-electron chi connectivity index (χ4n) is 1.72. The smallest absolute Gasteiger partial charge is 0.270 e. The molecule has 2 heterocycles. The topological polar surface area (TPSA) is 83.7 Å². The van der Waals surface area contributed by atoms with Gasteiger partial charge in [-0.25, -0.2) is 4.98 Å². The first-order valence-corrected chi connectivity index (χ1v) is 6.05. The number of hydrogen-bond donors (Lipinski definition) is 2. The molecular formula is C13H15N3O3. The number of carbonyl (C=O) groups is 1. The van der Waals surface area contributed by atoms with E-state index in [1.54, 1.807) is 24.4 Å². The van der Waals surface area contributed by atoms with Gasteiger partial charge in [-0.2, -0.15) is 0 Å². The Morgan fingerprint density at radius 3 is 3.00 bits per heavy atom. The van der Waals surface area contributed by atoms with Crippen molar-refractivity contribution in [2.24, 2.45) is 0 Å². The number of aliphatic hydroxyl groups excluding tert-OH is 1. The van der Waals surface area contributed by atoms with Crippen molar-refractivity contribution in [3.63, 3.8) is 0 Å². The highest BCUT2D eigenvalue weighted by Gasteiger charge is 2.16. The summed E-state index contributed by atoms with van der Waals surface area (Å²) in [5, 5.41) is 11.6. The second-order valence-electron chi connectivity index (χ2n) is 4.17. The molecule has 100 valence electrons. The monoisotopic (exact) mass is 261 g/mol. The normalized spacial score (nSPS) is 12.3. The molecule has 0 spiro atoms. The van der Waals surface area contributed by atoms with Crippen LogP contribution < -0.4 is 10.9 Å². The zero-order valence-corrected chi connectivity index (χ0v) is 10.5. The SMILES string of the molecule is CC[C@@H](CO)NC(=O)c1cnc2ccccn2c1=O. The molecule has 1 atom stereocenters. The van der Waals surface area contributed by atoms with E-state index in [2.05, 4.69) is 10.3 Å². The van der Waals surface area contributed by atoms with Gasteiger partial charge in [0.25, 0.3) is 11.5 Å². The van der Waals surface area contributed by atoms with E-state index in [9.17, 15) is 9.59 Å². The maximum atomic E-state index is 12.1. The summed E-state index contributed by atoms with van der Waals surface area (Å²) in [5.74, 6) is -0.517. The van der Waals surface area contributed by atoms with Crippen molar-refractivity contribution in [3.05, 3.63) is 46.5 Å². The molecule has 2 rings (SSSR count). The Morgan fingerprint density at radius 1 is 1.53 bits per heavy atom. The maximum absolute atomic E-state index is 12.1. The van der Waals surface area contributed by atoms with Crippen molar-refractivity contribution in [2.45, 2.75) is 19.4 Å². The lowest BCUT2D eigenvalue weighted by Gasteiger charge is -2.13. The summed E-state index contributed by atoms with van der Waals surface area (Å²) in [6, 6.07) is 4.79. The number of aromatic nitrogens is 2. The molecule has 0 radical (unpaired) electrons. The van der Waals surface area contributed by atoms with Crippen LogP contribution in [-0.4, -0.2) is 33.0 Å². The Kier molecular flexibility index (Phi) is 3.91. The summed E-state index contributed by atoms with van der Waals surface area (Å²) in [6.45, 7) is 1.68. The van der Waals surface area contributed by atoms with Crippen LogP contribution in [-0.2, 0) is 0 Å². The van der Waals surface area contributed by atoms with Gasteiger partial charge in [-0.3, -0.25) is 14.0 Å². The van der Waals surface area contributed by atoms with E-state index >= 15 is 0 Å². The zero-order valence-electron chi connectivity index (χ0n) is 10.5. The molecule has 19 heavy (non-hydrogen) atoms. The molecule has 2 N–H and O–H groups in total. The first kappa shape index (κ1) is 13.2. The van der Waals surface area contributed by atoms with E-state index in [-0.39, 0.29) is 18.2 Å². The third kappa shape index (κ3) is 2.63. The summed E-state index contributed by atoms with van der Waals surface area (Å²) >= 11 is 0. The predicted molar refractivity (Wildman–Crippen MR) is 70.1 cm³/mol. The second-order valence-corrected chi connectivity index (χ2v) is 4.17. The van der Waals surface area contributed by atoms with Crippen LogP contribution in [0.1, 0.15) is 23.7 Å². The van der Waals surface area contributed by atoms with Crippen LogP contribution in [0.5, 0.6) is 0 Å². The number of amides is 1. The van der Waals surface area contributed by atoms with E-state index in [1.165, 1.54) is 10.6 Å². The molecule has 2 aromatic rings. The number of nitrogens with one attached hydrogen (secondary N) is 1. The minimum absolute atomic E-state index is 0.0319. The number of rotatable bonds is 4. The molecule has 6 nitrogen and oxygen atoms in total. The largest absolute Gasteiger partial charge is 0.394 e. The van der Waals surface area contributed by atoms with Crippen molar-refractivity contribution in [1.29, 1.82) is 0 Å². The van der Waals surface area contributed by atoms with Crippen LogP contribution in [0.2, 0.25) is 0 Å². The number of fused-ring (bicyclic) bond motifs is 1. The Bertz CT molecular complexity index is 647. The Hall–Kier alpha value is -2.21. The quantitative estimate of drug-likeness (QED) is 0.823. The molecule has 0 fully saturated rings. The second kappa shape index (κ2) is 5.62. The van der Waals surface area contributed by atoms with Gasteiger partial charge < -0.3 is 10.4 Å². The van der Waals surface area contributed by atoms with Gasteiger partial charge in [0.05, 0.1) is 12.6 Å². The van der Waals surface area contributed by atoms with Gasteiger partial charge in [0.1, 0.15) is 11.2 Å². The number of nitrogens with zero attached hydrogens (tertiary/aromatic N) is 2. The Balaban J connectivity index is 2.38. The number of pyridine rings is 1. The molecule has 0 aromatic carbocycles. The van der Waals surface area contributed by atoms with E-state index < -0.39 is 11.5 Å². The molecule has 0 saturated heterocycles. The van der Waals surface area contributed by atoms with Crippen LogP contribution in [0.15, 0.2) is 35.4 Å². The average molecular weight is 261 g/mol. The third-order valence-corrected chi connectivity index (χ3v) is 2.91. The molecule has 0 aliphatic rings. The molecule has 0 aliphatic heterocycles. The van der Waals surface area contributed by atoms with E-state index in [1.807, 2.05) is 6.92 Å². The first-order valence-electron chi connectivity index (χ1n) is 6.05. The first-order chi connectivity index (χ1) is 9.17. The van der Waals surface area contributed by atoms with Crippen LogP contribution in [0.4, 0.5) is 0 Å². The van der Waals surface area contributed by atoms with Gasteiger partial charge in [0.2, 0.25) is 0 Å². The number of aliphatic hydroxyl groups is 1. The highest BCUT2D eigenvalue weighted by Crippen LogP contribution is 1.99. The molecule has 2 aromatic heterocycles. The minimum atomic E-state index is -0.517. The molecule has 0 saturated carbocycles. The van der Waals surface area contributed by atoms with E-state index in [0.29, 0.717) is 12.1 Å². The van der Waals surface area contributed by atoms with Crippen molar-refractivity contribution < 1.29 is 9.90 Å². The molecule has 6 heteroatoms. The summed E-state index contributed by atoms with van der Waals surface area (Å²) in [6.07, 6.45) is 3.41. The fourth-order valence-corrected chi connectivity index (χ4v) is 1.72. The Morgan fingerprint density at radius 2 is 2.32 bits per heavy atom. The van der Waals surface area contributed by atoms with Crippen molar-refractivity contribution in [2.75, 3.05) is 6.61 Å². The van der Waals surface area contributed by atoms with Crippen molar-refractivity contribution >= 4 is 11.6 Å². The van der Waals surface area contributed by atoms with Gasteiger partial charge in [-0.15, -0.1) is 0 Å². The molecule has 0 aliphatic carbocycles. The summed E-state index contributed by atoms with van der Waals surface area (Å²) < 4.78 is 1.31. The predicted octanol–water partition coefficient (Wildman–Crippen LogP) is 0.195.